The second-order valence-corrected chi connectivity index (χ2v) is 5.29. The number of likely N-dealkylation sites (N-methyl/N-ethyl adjacent to an activating group) is 1. The summed E-state index contributed by atoms with van der Waals surface area (Å²) < 4.78 is 0. The Morgan fingerprint density at radius 1 is 1.19 bits per heavy atom. The highest BCUT2D eigenvalue weighted by molar-refractivity contribution is 5.91. The number of hydrogen-bond donors (Lipinski definition) is 1. The molecule has 1 aliphatic rings. The molecule has 21 heavy (non-hydrogen) atoms. The molecule has 1 N–H and O–H groups in total. The lowest BCUT2D eigenvalue weighted by atomic mass is 10.3. The highest BCUT2D eigenvalue weighted by atomic mass is 16.1. The molecule has 0 spiro atoms. The van der Waals surface area contributed by atoms with Crippen LogP contribution in [-0.4, -0.2) is 60.0 Å². The Hall–Kier alpha value is -1.69. The molecule has 1 saturated heterocycles. The number of nitrogens with zero attached hydrogens (tertiary/aromatic N) is 4. The third kappa shape index (κ3) is 4.39. The molecule has 0 aliphatic carbocycles. The van der Waals surface area contributed by atoms with Crippen molar-refractivity contribution in [1.29, 1.82) is 0 Å². The summed E-state index contributed by atoms with van der Waals surface area (Å²) in [6.07, 6.45) is 5.33. The van der Waals surface area contributed by atoms with Gasteiger partial charge in [0.05, 0.1) is 12.4 Å². The molecule has 0 saturated carbocycles. The summed E-state index contributed by atoms with van der Waals surface area (Å²) >= 11 is 0. The quantitative estimate of drug-likeness (QED) is 0.797. The van der Waals surface area contributed by atoms with Crippen molar-refractivity contribution in [2.75, 3.05) is 44.2 Å². The maximum atomic E-state index is 11.9. The van der Waals surface area contributed by atoms with Crippen LogP contribution in [0.3, 0.4) is 0 Å². The third-order valence-corrected chi connectivity index (χ3v) is 3.83. The molecule has 0 unspecified atom stereocenters. The van der Waals surface area contributed by atoms with E-state index in [4.69, 9.17) is 0 Å². The Morgan fingerprint density at radius 3 is 2.52 bits per heavy atom. The minimum Gasteiger partial charge on any atom is -0.353 e. The normalized spacial score (nSPS) is 16.0. The molecule has 1 amide bonds. The van der Waals surface area contributed by atoms with Gasteiger partial charge in [-0.25, -0.2) is 9.97 Å². The number of carbonyl (C=O) groups is 1. The van der Waals surface area contributed by atoms with Crippen LogP contribution < -0.4 is 10.2 Å². The van der Waals surface area contributed by atoms with Crippen LogP contribution >= 0.6 is 0 Å². The molecule has 1 aromatic rings. The van der Waals surface area contributed by atoms with E-state index in [-0.39, 0.29) is 5.91 Å². The fraction of sp³-hybridized carbons (Fsp3) is 0.667. The summed E-state index contributed by atoms with van der Waals surface area (Å²) in [5.41, 5.74) is 0.391. The van der Waals surface area contributed by atoms with Gasteiger partial charge in [0.1, 0.15) is 11.5 Å². The van der Waals surface area contributed by atoms with Crippen molar-refractivity contribution in [2.24, 2.45) is 0 Å². The van der Waals surface area contributed by atoms with Crippen LogP contribution in [0.25, 0.3) is 0 Å². The highest BCUT2D eigenvalue weighted by Gasteiger charge is 2.17. The standard InChI is InChI=1S/C15H25N5O/c1-3-5-6-16-15(21)13-11-18-14(12-17-13)20-9-7-19(4-2)8-10-20/h11-12H,3-10H2,1-2H3,(H,16,21). The van der Waals surface area contributed by atoms with Crippen LogP contribution in [0.5, 0.6) is 0 Å². The minimum absolute atomic E-state index is 0.140. The van der Waals surface area contributed by atoms with E-state index < -0.39 is 0 Å². The number of aromatic nitrogens is 2. The van der Waals surface area contributed by atoms with Crippen LogP contribution in [0.1, 0.15) is 37.2 Å². The summed E-state index contributed by atoms with van der Waals surface area (Å²) in [4.78, 5) is 25.1. The van der Waals surface area contributed by atoms with E-state index in [9.17, 15) is 4.79 Å². The van der Waals surface area contributed by atoms with Crippen LogP contribution in [-0.2, 0) is 0 Å². The lowest BCUT2D eigenvalue weighted by Gasteiger charge is -2.34. The zero-order chi connectivity index (χ0) is 15.1. The molecule has 2 rings (SSSR count). The maximum Gasteiger partial charge on any atom is 0.271 e. The average molecular weight is 291 g/mol. The van der Waals surface area contributed by atoms with Gasteiger partial charge < -0.3 is 15.1 Å². The molecule has 0 bridgehead atoms. The van der Waals surface area contributed by atoms with E-state index >= 15 is 0 Å². The van der Waals surface area contributed by atoms with E-state index in [0.717, 1.165) is 51.4 Å². The smallest absolute Gasteiger partial charge is 0.271 e. The summed E-state index contributed by atoms with van der Waals surface area (Å²) in [5, 5.41) is 2.85. The van der Waals surface area contributed by atoms with Gasteiger partial charge in [0.25, 0.3) is 5.91 Å². The van der Waals surface area contributed by atoms with Crippen molar-refractivity contribution in [3.63, 3.8) is 0 Å². The molecule has 1 aromatic heterocycles. The molecule has 6 nitrogen and oxygen atoms in total. The first kappa shape index (κ1) is 15.7. The van der Waals surface area contributed by atoms with E-state index in [2.05, 4.69) is 38.9 Å². The van der Waals surface area contributed by atoms with Gasteiger partial charge in [0, 0.05) is 32.7 Å². The number of hydrogen-bond acceptors (Lipinski definition) is 5. The fourth-order valence-electron chi connectivity index (χ4n) is 2.36. The molecule has 0 atom stereocenters. The second-order valence-electron chi connectivity index (χ2n) is 5.29. The predicted octanol–water partition coefficient (Wildman–Crippen LogP) is 1.15. The summed E-state index contributed by atoms with van der Waals surface area (Å²) in [7, 11) is 0. The van der Waals surface area contributed by atoms with Crippen molar-refractivity contribution in [2.45, 2.75) is 26.7 Å². The Bertz CT molecular complexity index is 440. The van der Waals surface area contributed by atoms with Gasteiger partial charge in [-0.2, -0.15) is 0 Å². The van der Waals surface area contributed by atoms with Crippen molar-refractivity contribution in [3.8, 4) is 0 Å². The number of anilines is 1. The largest absolute Gasteiger partial charge is 0.353 e. The number of unbranched alkanes of at least 4 members (excludes halogenated alkanes) is 1. The molecular weight excluding hydrogens is 266 g/mol. The Morgan fingerprint density at radius 2 is 1.95 bits per heavy atom. The zero-order valence-corrected chi connectivity index (χ0v) is 13.0. The second kappa shape index (κ2) is 7.93. The molecule has 116 valence electrons. The van der Waals surface area contributed by atoms with Crippen molar-refractivity contribution in [3.05, 3.63) is 18.1 Å². The molecule has 1 aliphatic heterocycles. The van der Waals surface area contributed by atoms with Gasteiger partial charge in [0.2, 0.25) is 0 Å². The van der Waals surface area contributed by atoms with Crippen LogP contribution in [0.15, 0.2) is 12.4 Å². The van der Waals surface area contributed by atoms with Crippen LogP contribution in [0.4, 0.5) is 5.82 Å². The number of carbonyl (C=O) groups excluding carboxylic acids is 1. The van der Waals surface area contributed by atoms with Crippen molar-refractivity contribution in [1.82, 2.24) is 20.2 Å². The SMILES string of the molecule is CCCCNC(=O)c1cnc(N2CCN(CC)CC2)cn1. The Labute approximate surface area is 126 Å². The number of piperazine rings is 1. The van der Waals surface area contributed by atoms with Gasteiger partial charge in [-0.1, -0.05) is 20.3 Å². The van der Waals surface area contributed by atoms with Gasteiger partial charge in [-0.05, 0) is 13.0 Å². The van der Waals surface area contributed by atoms with Crippen molar-refractivity contribution >= 4 is 11.7 Å². The molecule has 0 aromatic carbocycles. The minimum atomic E-state index is -0.140. The molecular formula is C15H25N5O. The van der Waals surface area contributed by atoms with E-state index in [0.29, 0.717) is 12.2 Å². The van der Waals surface area contributed by atoms with Crippen molar-refractivity contribution < 1.29 is 4.79 Å². The molecule has 2 heterocycles. The fourth-order valence-corrected chi connectivity index (χ4v) is 2.36. The first-order chi connectivity index (χ1) is 10.2. The monoisotopic (exact) mass is 291 g/mol. The summed E-state index contributed by atoms with van der Waals surface area (Å²) in [6, 6.07) is 0. The van der Waals surface area contributed by atoms with E-state index in [1.807, 2.05) is 0 Å². The summed E-state index contributed by atoms with van der Waals surface area (Å²) in [6.45, 7) is 10.1. The predicted molar refractivity (Wildman–Crippen MR) is 83.6 cm³/mol. The van der Waals surface area contributed by atoms with Gasteiger partial charge in [0.15, 0.2) is 0 Å². The number of rotatable bonds is 6. The Kier molecular flexibility index (Phi) is 5.92. The van der Waals surface area contributed by atoms with Crippen LogP contribution in [0.2, 0.25) is 0 Å². The van der Waals surface area contributed by atoms with Gasteiger partial charge in [-0.3, -0.25) is 4.79 Å². The lowest BCUT2D eigenvalue weighted by molar-refractivity contribution is 0.0948. The average Bonchev–Trinajstić information content (AvgIpc) is 2.55. The lowest BCUT2D eigenvalue weighted by Crippen LogP contribution is -2.46. The topological polar surface area (TPSA) is 61.4 Å². The number of nitrogens with one attached hydrogen (secondary N) is 1. The van der Waals surface area contributed by atoms with Gasteiger partial charge >= 0.3 is 0 Å². The van der Waals surface area contributed by atoms with E-state index in [1.165, 1.54) is 0 Å². The Balaban J connectivity index is 1.88. The first-order valence-corrected chi connectivity index (χ1v) is 7.82. The van der Waals surface area contributed by atoms with Crippen LogP contribution in [0, 0.1) is 0 Å². The number of amides is 1. The third-order valence-electron chi connectivity index (χ3n) is 3.83. The first-order valence-electron chi connectivity index (χ1n) is 7.82. The highest BCUT2D eigenvalue weighted by Crippen LogP contribution is 2.12. The summed E-state index contributed by atoms with van der Waals surface area (Å²) in [5.74, 6) is 0.717. The van der Waals surface area contributed by atoms with E-state index in [1.54, 1.807) is 12.4 Å². The maximum absolute atomic E-state index is 11.9. The van der Waals surface area contributed by atoms with Gasteiger partial charge in [-0.15, -0.1) is 0 Å². The molecule has 1 fully saturated rings. The zero-order valence-electron chi connectivity index (χ0n) is 13.0. The molecule has 0 radical (unpaired) electrons. The molecule has 6 heteroatoms.